The van der Waals surface area contributed by atoms with E-state index in [-0.39, 0.29) is 23.7 Å². The molecule has 35 heavy (non-hydrogen) atoms. The Balaban J connectivity index is 1.52. The van der Waals surface area contributed by atoms with Crippen LogP contribution in [0.3, 0.4) is 0 Å². The van der Waals surface area contributed by atoms with E-state index in [2.05, 4.69) is 51.2 Å². The first-order valence-corrected chi connectivity index (χ1v) is 12.1. The van der Waals surface area contributed by atoms with Gasteiger partial charge in [0.15, 0.2) is 0 Å². The van der Waals surface area contributed by atoms with E-state index in [0.29, 0.717) is 17.9 Å². The summed E-state index contributed by atoms with van der Waals surface area (Å²) in [5, 5.41) is 15.4. The molecule has 0 unspecified atom stereocenters. The van der Waals surface area contributed by atoms with Crippen LogP contribution in [0.4, 0.5) is 5.82 Å². The predicted octanol–water partition coefficient (Wildman–Crippen LogP) is 2.50. The Hall–Kier alpha value is -3.06. The number of benzene rings is 1. The van der Waals surface area contributed by atoms with Crippen LogP contribution < -0.4 is 10.6 Å². The first kappa shape index (κ1) is 26.5. The van der Waals surface area contributed by atoms with Crippen molar-refractivity contribution in [1.29, 1.82) is 5.26 Å². The van der Waals surface area contributed by atoms with Gasteiger partial charge in [-0.05, 0) is 23.1 Å². The Morgan fingerprint density at radius 2 is 1.83 bits per heavy atom. The number of anilines is 1. The summed E-state index contributed by atoms with van der Waals surface area (Å²) < 4.78 is 5.17. The molecule has 0 saturated carbocycles. The molecule has 3 rings (SSSR count). The van der Waals surface area contributed by atoms with Gasteiger partial charge < -0.3 is 15.4 Å². The lowest BCUT2D eigenvalue weighted by molar-refractivity contribution is 0.0936. The number of nitrogens with one attached hydrogen (secondary N) is 2. The minimum atomic E-state index is -0.158. The van der Waals surface area contributed by atoms with Gasteiger partial charge in [0, 0.05) is 76.8 Å². The quantitative estimate of drug-likeness (QED) is 0.535. The Bertz CT molecular complexity index is 1000. The molecule has 1 aromatic carbocycles. The highest BCUT2D eigenvalue weighted by molar-refractivity contribution is 5.94. The lowest BCUT2D eigenvalue weighted by Crippen LogP contribution is -2.46. The summed E-state index contributed by atoms with van der Waals surface area (Å²) >= 11 is 0. The van der Waals surface area contributed by atoms with Crippen LogP contribution in [0.1, 0.15) is 48.1 Å². The van der Waals surface area contributed by atoms with Crippen LogP contribution in [-0.2, 0) is 17.8 Å². The summed E-state index contributed by atoms with van der Waals surface area (Å²) in [7, 11) is 1.74. The topological polar surface area (TPSA) is 106 Å². The SMILES string of the molecule is COCCN1CCN(Cc2ccc(C(=O)NCc3cnc(C#N)nc3NCC(C)(C)C)cc2)CC1. The van der Waals surface area contributed by atoms with Crippen molar-refractivity contribution in [3.05, 3.63) is 53.0 Å². The van der Waals surface area contributed by atoms with Crippen LogP contribution in [0.15, 0.2) is 30.5 Å². The molecule has 1 aromatic heterocycles. The highest BCUT2D eigenvalue weighted by Gasteiger charge is 2.17. The number of ether oxygens (including phenoxy) is 1. The third-order valence-electron chi connectivity index (χ3n) is 5.89. The highest BCUT2D eigenvalue weighted by Crippen LogP contribution is 2.18. The van der Waals surface area contributed by atoms with Crippen molar-refractivity contribution < 1.29 is 9.53 Å². The number of nitrogens with zero attached hydrogens (tertiary/aromatic N) is 5. The largest absolute Gasteiger partial charge is 0.383 e. The fourth-order valence-electron chi connectivity index (χ4n) is 3.78. The van der Waals surface area contributed by atoms with Crippen LogP contribution in [0.2, 0.25) is 0 Å². The van der Waals surface area contributed by atoms with Gasteiger partial charge >= 0.3 is 0 Å². The van der Waals surface area contributed by atoms with Crippen molar-refractivity contribution in [2.45, 2.75) is 33.9 Å². The molecule has 1 saturated heterocycles. The highest BCUT2D eigenvalue weighted by atomic mass is 16.5. The van der Waals surface area contributed by atoms with Crippen LogP contribution in [0.25, 0.3) is 0 Å². The van der Waals surface area contributed by atoms with E-state index < -0.39 is 0 Å². The van der Waals surface area contributed by atoms with E-state index in [0.717, 1.165) is 51.4 Å². The average molecular weight is 480 g/mol. The Kier molecular flexibility index (Phi) is 9.55. The van der Waals surface area contributed by atoms with E-state index in [1.54, 1.807) is 13.3 Å². The lowest BCUT2D eigenvalue weighted by atomic mass is 9.97. The fourth-order valence-corrected chi connectivity index (χ4v) is 3.78. The molecule has 2 heterocycles. The zero-order valence-corrected chi connectivity index (χ0v) is 21.3. The first-order chi connectivity index (χ1) is 16.8. The van der Waals surface area contributed by atoms with Crippen LogP contribution in [-0.4, -0.2) is 78.7 Å². The van der Waals surface area contributed by atoms with Crippen molar-refractivity contribution in [3.63, 3.8) is 0 Å². The number of carbonyl (C=O) groups is 1. The zero-order valence-electron chi connectivity index (χ0n) is 21.3. The molecule has 9 heteroatoms. The molecule has 0 spiro atoms. The minimum Gasteiger partial charge on any atom is -0.383 e. The number of hydrogen-bond acceptors (Lipinski definition) is 8. The Morgan fingerprint density at radius 1 is 1.14 bits per heavy atom. The second-order valence-corrected chi connectivity index (χ2v) is 10.1. The van der Waals surface area contributed by atoms with Crippen LogP contribution in [0, 0.1) is 16.7 Å². The Labute approximate surface area is 208 Å². The average Bonchev–Trinajstić information content (AvgIpc) is 2.85. The molecule has 0 bridgehead atoms. The van der Waals surface area contributed by atoms with Gasteiger partial charge in [0.1, 0.15) is 11.9 Å². The van der Waals surface area contributed by atoms with E-state index in [9.17, 15) is 4.79 Å². The first-order valence-electron chi connectivity index (χ1n) is 12.1. The summed E-state index contributed by atoms with van der Waals surface area (Å²) in [5.74, 6) is 0.516. The number of carbonyl (C=O) groups excluding carboxylic acids is 1. The number of rotatable bonds is 10. The smallest absolute Gasteiger partial charge is 0.251 e. The van der Waals surface area contributed by atoms with E-state index in [1.807, 2.05) is 30.3 Å². The van der Waals surface area contributed by atoms with Crippen molar-refractivity contribution in [2.24, 2.45) is 5.41 Å². The van der Waals surface area contributed by atoms with E-state index in [1.165, 1.54) is 5.56 Å². The van der Waals surface area contributed by atoms with Crippen molar-refractivity contribution in [3.8, 4) is 6.07 Å². The van der Waals surface area contributed by atoms with Crippen LogP contribution >= 0.6 is 0 Å². The maximum absolute atomic E-state index is 12.7. The van der Waals surface area contributed by atoms with Gasteiger partial charge in [0.05, 0.1) is 6.61 Å². The number of hydrogen-bond donors (Lipinski definition) is 2. The van der Waals surface area contributed by atoms with Gasteiger partial charge in [0.2, 0.25) is 5.82 Å². The Morgan fingerprint density at radius 3 is 2.46 bits per heavy atom. The van der Waals surface area contributed by atoms with Gasteiger partial charge in [-0.1, -0.05) is 32.9 Å². The van der Waals surface area contributed by atoms with Crippen LogP contribution in [0.5, 0.6) is 0 Å². The number of methoxy groups -OCH3 is 1. The number of nitriles is 1. The monoisotopic (exact) mass is 479 g/mol. The van der Waals surface area contributed by atoms with Gasteiger partial charge in [-0.3, -0.25) is 14.6 Å². The van der Waals surface area contributed by atoms with Gasteiger partial charge in [-0.25, -0.2) is 9.97 Å². The third-order valence-corrected chi connectivity index (χ3v) is 5.89. The maximum atomic E-state index is 12.7. The maximum Gasteiger partial charge on any atom is 0.251 e. The summed E-state index contributed by atoms with van der Waals surface area (Å²) in [6.07, 6.45) is 1.59. The molecule has 1 fully saturated rings. The van der Waals surface area contributed by atoms with E-state index >= 15 is 0 Å². The minimum absolute atomic E-state index is 0.0393. The van der Waals surface area contributed by atoms with E-state index in [4.69, 9.17) is 10.00 Å². The van der Waals surface area contributed by atoms with Crippen molar-refractivity contribution in [1.82, 2.24) is 25.1 Å². The fraction of sp³-hybridized carbons (Fsp3) is 0.538. The molecular weight excluding hydrogens is 442 g/mol. The molecular formula is C26H37N7O2. The van der Waals surface area contributed by atoms with Gasteiger partial charge in [-0.15, -0.1) is 0 Å². The van der Waals surface area contributed by atoms with Crippen molar-refractivity contribution in [2.75, 3.05) is 58.3 Å². The lowest BCUT2D eigenvalue weighted by Gasteiger charge is -2.34. The molecule has 1 amide bonds. The molecule has 2 aromatic rings. The van der Waals surface area contributed by atoms with Gasteiger partial charge in [0.25, 0.3) is 5.91 Å². The van der Waals surface area contributed by atoms with Gasteiger partial charge in [-0.2, -0.15) is 5.26 Å². The molecule has 1 aliphatic heterocycles. The number of aromatic nitrogens is 2. The number of amides is 1. The predicted molar refractivity (Wildman–Crippen MR) is 136 cm³/mol. The molecule has 9 nitrogen and oxygen atoms in total. The summed E-state index contributed by atoms with van der Waals surface area (Å²) in [6.45, 7) is 14.1. The number of piperazine rings is 1. The summed E-state index contributed by atoms with van der Waals surface area (Å²) in [6, 6.07) is 9.75. The third kappa shape index (κ3) is 8.58. The summed E-state index contributed by atoms with van der Waals surface area (Å²) in [5.41, 5.74) is 2.58. The molecule has 188 valence electrons. The molecule has 1 aliphatic rings. The molecule has 0 atom stereocenters. The second kappa shape index (κ2) is 12.6. The molecule has 0 radical (unpaired) electrons. The zero-order chi connectivity index (χ0) is 25.3. The standard InChI is InChI=1S/C26H37N7O2/c1-26(2,3)19-30-24-22(16-28-23(15-27)31-24)17-29-25(34)21-7-5-20(6-8-21)18-33-11-9-32(10-12-33)13-14-35-4/h5-8,16H,9-14,17-19H2,1-4H3,(H,29,34)(H,28,30,31). The normalized spacial score (nSPS) is 14.9. The molecule has 0 aliphatic carbocycles. The van der Waals surface area contributed by atoms with Crippen molar-refractivity contribution >= 4 is 11.7 Å². The molecule has 2 N–H and O–H groups in total. The second-order valence-electron chi connectivity index (χ2n) is 10.1. The summed E-state index contributed by atoms with van der Waals surface area (Å²) in [4.78, 5) is 26.0.